The highest BCUT2D eigenvalue weighted by atomic mass is 32.2. The predicted molar refractivity (Wildman–Crippen MR) is 105 cm³/mol. The number of hydrogen-bond donors (Lipinski definition) is 2. The fourth-order valence-electron chi connectivity index (χ4n) is 3.39. The number of nitrogens with one attached hydrogen (secondary N) is 2. The van der Waals surface area contributed by atoms with Gasteiger partial charge < -0.3 is 10.2 Å². The Balaban J connectivity index is 1.56. The average molecular weight is 462 g/mol. The molecule has 2 N–H and O–H groups in total. The van der Waals surface area contributed by atoms with Gasteiger partial charge in [-0.15, -0.1) is 0 Å². The lowest BCUT2D eigenvalue weighted by molar-refractivity contribution is -0.140. The number of benzene rings is 1. The highest BCUT2D eigenvalue weighted by Crippen LogP contribution is 2.33. The highest BCUT2D eigenvalue weighted by molar-refractivity contribution is 7.89. The molecule has 1 aliphatic heterocycles. The van der Waals surface area contributed by atoms with Gasteiger partial charge in [-0.3, -0.25) is 14.5 Å². The van der Waals surface area contributed by atoms with Crippen molar-refractivity contribution in [1.82, 2.24) is 19.8 Å². The zero-order valence-corrected chi connectivity index (χ0v) is 17.8. The van der Waals surface area contributed by atoms with Crippen LogP contribution in [-0.4, -0.2) is 74.8 Å². The lowest BCUT2D eigenvalue weighted by atomic mass is 10.2. The van der Waals surface area contributed by atoms with Crippen molar-refractivity contribution < 1.29 is 31.2 Å². The van der Waals surface area contributed by atoms with Crippen molar-refractivity contribution in [3.63, 3.8) is 0 Å². The number of rotatable bonds is 7. The summed E-state index contributed by atoms with van der Waals surface area (Å²) < 4.78 is 66.6. The molecule has 2 aliphatic rings. The number of nitrogens with zero attached hydrogens (tertiary/aromatic N) is 2. The molecule has 0 spiro atoms. The fraction of sp³-hybridized carbons (Fsp3) is 0.579. The Hall–Kier alpha value is -2.18. The van der Waals surface area contributed by atoms with Crippen LogP contribution in [0.15, 0.2) is 29.2 Å². The van der Waals surface area contributed by atoms with E-state index in [-0.39, 0.29) is 18.5 Å². The molecule has 31 heavy (non-hydrogen) atoms. The number of alkyl halides is 3. The van der Waals surface area contributed by atoms with Gasteiger partial charge in [0.05, 0.1) is 23.0 Å². The molecule has 1 heterocycles. The minimum absolute atomic E-state index is 0.0632. The van der Waals surface area contributed by atoms with Crippen LogP contribution in [-0.2, 0) is 25.8 Å². The molecule has 2 amide bonds. The van der Waals surface area contributed by atoms with Crippen LogP contribution in [0.2, 0.25) is 0 Å². The van der Waals surface area contributed by atoms with Gasteiger partial charge in [0.1, 0.15) is 0 Å². The predicted octanol–water partition coefficient (Wildman–Crippen LogP) is 0.795. The average Bonchev–Trinajstić information content (AvgIpc) is 3.51. The SMILES string of the molecule is C[C@H](NS(=O)(=O)c1ccccc1C(F)(F)F)C(=O)N1CCN(CC(=O)NC2CC2)CC1. The smallest absolute Gasteiger partial charge is 0.352 e. The molecule has 1 aromatic rings. The summed E-state index contributed by atoms with van der Waals surface area (Å²) >= 11 is 0. The highest BCUT2D eigenvalue weighted by Gasteiger charge is 2.38. The van der Waals surface area contributed by atoms with Gasteiger partial charge in [0.15, 0.2) is 0 Å². The Labute approximate surface area is 178 Å². The zero-order chi connectivity index (χ0) is 22.8. The monoisotopic (exact) mass is 462 g/mol. The van der Waals surface area contributed by atoms with E-state index in [1.54, 1.807) is 0 Å². The maximum absolute atomic E-state index is 13.2. The van der Waals surface area contributed by atoms with Crippen LogP contribution in [0, 0.1) is 0 Å². The summed E-state index contributed by atoms with van der Waals surface area (Å²) in [6.45, 7) is 3.00. The first-order valence-electron chi connectivity index (χ1n) is 9.96. The first-order chi connectivity index (χ1) is 14.5. The topological polar surface area (TPSA) is 98.8 Å². The first-order valence-corrected chi connectivity index (χ1v) is 11.4. The van der Waals surface area contributed by atoms with Crippen molar-refractivity contribution in [3.8, 4) is 0 Å². The minimum atomic E-state index is -4.85. The van der Waals surface area contributed by atoms with Crippen LogP contribution in [0.25, 0.3) is 0 Å². The molecule has 0 aromatic heterocycles. The summed E-state index contributed by atoms with van der Waals surface area (Å²) in [6, 6.07) is 2.85. The van der Waals surface area contributed by atoms with Crippen LogP contribution in [0.4, 0.5) is 13.2 Å². The molecule has 2 fully saturated rings. The lowest BCUT2D eigenvalue weighted by Gasteiger charge is -2.35. The van der Waals surface area contributed by atoms with Gasteiger partial charge in [-0.25, -0.2) is 8.42 Å². The molecule has 1 saturated carbocycles. The van der Waals surface area contributed by atoms with E-state index in [1.807, 2.05) is 4.90 Å². The second-order valence-electron chi connectivity index (χ2n) is 7.78. The number of amides is 2. The Bertz CT molecular complexity index is 926. The van der Waals surface area contributed by atoms with E-state index >= 15 is 0 Å². The molecule has 8 nitrogen and oxygen atoms in total. The first kappa shape index (κ1) is 23.5. The van der Waals surface area contributed by atoms with Crippen LogP contribution in [0.3, 0.4) is 0 Å². The van der Waals surface area contributed by atoms with Crippen molar-refractivity contribution in [2.24, 2.45) is 0 Å². The summed E-state index contributed by atoms with van der Waals surface area (Å²) in [7, 11) is -4.57. The molecule has 1 atom stereocenters. The Kier molecular flexibility index (Phi) is 6.92. The second kappa shape index (κ2) is 9.13. The van der Waals surface area contributed by atoms with E-state index in [1.165, 1.54) is 17.9 Å². The van der Waals surface area contributed by atoms with Crippen molar-refractivity contribution in [1.29, 1.82) is 0 Å². The van der Waals surface area contributed by atoms with Gasteiger partial charge in [-0.05, 0) is 31.9 Å². The van der Waals surface area contributed by atoms with E-state index in [0.29, 0.717) is 32.2 Å². The third-order valence-corrected chi connectivity index (χ3v) is 6.78. The Morgan fingerprint density at radius 2 is 1.74 bits per heavy atom. The van der Waals surface area contributed by atoms with Gasteiger partial charge >= 0.3 is 6.18 Å². The number of carbonyl (C=O) groups excluding carboxylic acids is 2. The van der Waals surface area contributed by atoms with Crippen LogP contribution in [0.5, 0.6) is 0 Å². The summed E-state index contributed by atoms with van der Waals surface area (Å²) in [5.41, 5.74) is -1.29. The molecular weight excluding hydrogens is 437 g/mol. The molecule has 172 valence electrons. The van der Waals surface area contributed by atoms with E-state index in [9.17, 15) is 31.2 Å². The maximum Gasteiger partial charge on any atom is 0.417 e. The lowest BCUT2D eigenvalue weighted by Crippen LogP contribution is -2.55. The van der Waals surface area contributed by atoms with Gasteiger partial charge in [0.25, 0.3) is 0 Å². The van der Waals surface area contributed by atoms with E-state index < -0.39 is 38.6 Å². The van der Waals surface area contributed by atoms with Gasteiger partial charge in [0.2, 0.25) is 21.8 Å². The number of hydrogen-bond acceptors (Lipinski definition) is 5. The fourth-order valence-corrected chi connectivity index (χ4v) is 4.81. The molecule has 12 heteroatoms. The molecule has 1 saturated heterocycles. The quantitative estimate of drug-likeness (QED) is 0.625. The summed E-state index contributed by atoms with van der Waals surface area (Å²) in [4.78, 5) is 27.0. The molecule has 3 rings (SSSR count). The normalized spacial score (nSPS) is 19.2. The maximum atomic E-state index is 13.2. The van der Waals surface area contributed by atoms with Crippen molar-refractivity contribution >= 4 is 21.8 Å². The molecule has 1 aromatic carbocycles. The van der Waals surface area contributed by atoms with Gasteiger partial charge in [-0.1, -0.05) is 12.1 Å². The number of sulfonamides is 1. The van der Waals surface area contributed by atoms with E-state index in [0.717, 1.165) is 25.0 Å². The number of halogens is 3. The molecule has 0 unspecified atom stereocenters. The van der Waals surface area contributed by atoms with Crippen molar-refractivity contribution in [2.45, 2.75) is 42.9 Å². The summed E-state index contributed by atoms with van der Waals surface area (Å²) in [6.07, 6.45) is -2.86. The van der Waals surface area contributed by atoms with Crippen LogP contribution in [0.1, 0.15) is 25.3 Å². The van der Waals surface area contributed by atoms with Gasteiger partial charge in [0, 0.05) is 32.2 Å². The zero-order valence-electron chi connectivity index (χ0n) is 17.0. The number of carbonyl (C=O) groups is 2. The van der Waals surface area contributed by atoms with Crippen LogP contribution >= 0.6 is 0 Å². The molecular formula is C19H25F3N4O4S. The third kappa shape index (κ3) is 6.17. The van der Waals surface area contributed by atoms with E-state index in [4.69, 9.17) is 0 Å². The van der Waals surface area contributed by atoms with Gasteiger partial charge in [-0.2, -0.15) is 17.9 Å². The van der Waals surface area contributed by atoms with Crippen LogP contribution < -0.4 is 10.0 Å². The molecule has 1 aliphatic carbocycles. The minimum Gasteiger partial charge on any atom is -0.352 e. The summed E-state index contributed by atoms with van der Waals surface area (Å²) in [5.74, 6) is -0.595. The largest absolute Gasteiger partial charge is 0.417 e. The van der Waals surface area contributed by atoms with Crippen molar-refractivity contribution in [2.75, 3.05) is 32.7 Å². The number of piperazine rings is 1. The Morgan fingerprint density at radius 1 is 1.13 bits per heavy atom. The third-order valence-electron chi connectivity index (χ3n) is 5.18. The van der Waals surface area contributed by atoms with E-state index in [2.05, 4.69) is 10.0 Å². The molecule has 0 bridgehead atoms. The standard InChI is InChI=1S/C19H25F3N4O4S/c1-13(24-31(29,30)16-5-3-2-4-15(16)19(20,21)22)18(28)26-10-8-25(9-11-26)12-17(27)23-14-6-7-14/h2-5,13-14,24H,6-12H2,1H3,(H,23,27)/t13-/m0/s1. The second-order valence-corrected chi connectivity index (χ2v) is 9.46. The summed E-state index contributed by atoms with van der Waals surface area (Å²) in [5, 5.41) is 2.89. The molecule has 0 radical (unpaired) electrons. The Morgan fingerprint density at radius 3 is 2.32 bits per heavy atom. The van der Waals surface area contributed by atoms with Crippen molar-refractivity contribution in [3.05, 3.63) is 29.8 Å².